The van der Waals surface area contributed by atoms with E-state index < -0.39 is 0 Å². The van der Waals surface area contributed by atoms with Crippen molar-refractivity contribution >= 4 is 23.3 Å². The van der Waals surface area contributed by atoms with Crippen LogP contribution in [-0.4, -0.2) is 26.3 Å². The second kappa shape index (κ2) is 9.09. The van der Waals surface area contributed by atoms with E-state index >= 15 is 0 Å². The molecule has 0 fully saturated rings. The number of amides is 2. The highest BCUT2D eigenvalue weighted by molar-refractivity contribution is 6.02. The summed E-state index contributed by atoms with van der Waals surface area (Å²) in [4.78, 5) is 31.8. The number of anilines is 2. The Labute approximate surface area is 182 Å². The highest BCUT2D eigenvalue weighted by Crippen LogP contribution is 2.24. The summed E-state index contributed by atoms with van der Waals surface area (Å²) >= 11 is 0. The Balaban J connectivity index is 1.39. The van der Waals surface area contributed by atoms with Crippen molar-refractivity contribution in [1.29, 1.82) is 0 Å². The second-order valence-corrected chi connectivity index (χ2v) is 6.78. The molecule has 4 aromatic rings. The van der Waals surface area contributed by atoms with Gasteiger partial charge in [0.2, 0.25) is 5.91 Å². The lowest BCUT2D eigenvalue weighted by molar-refractivity contribution is -0.114. The van der Waals surface area contributed by atoms with Gasteiger partial charge >= 0.3 is 0 Å². The van der Waals surface area contributed by atoms with Crippen LogP contribution in [0.25, 0.3) is 5.69 Å². The minimum absolute atomic E-state index is 0.219. The third-order valence-electron chi connectivity index (χ3n) is 4.32. The number of carbonyl (C=O) groups excluding carboxylic acids is 2. The quantitative estimate of drug-likeness (QED) is 0.471. The molecule has 0 aliphatic heterocycles. The summed E-state index contributed by atoms with van der Waals surface area (Å²) in [5.74, 6) is 0.497. The van der Waals surface area contributed by atoms with E-state index in [4.69, 9.17) is 4.74 Å². The van der Waals surface area contributed by atoms with Crippen LogP contribution in [0.2, 0.25) is 0 Å². The van der Waals surface area contributed by atoms with Gasteiger partial charge in [0.05, 0.1) is 0 Å². The normalized spacial score (nSPS) is 10.4. The number of carbonyl (C=O) groups is 2. The van der Waals surface area contributed by atoms with E-state index in [1.54, 1.807) is 59.3 Å². The predicted octanol–water partition coefficient (Wildman–Crippen LogP) is 4.41. The predicted molar refractivity (Wildman–Crippen MR) is 117 cm³/mol. The van der Waals surface area contributed by atoms with Crippen molar-refractivity contribution in [3.8, 4) is 17.2 Å². The number of hydrogen-bond donors (Lipinski definition) is 2. The molecular formula is C23H18FN5O3. The average molecular weight is 431 g/mol. The van der Waals surface area contributed by atoms with Crippen molar-refractivity contribution < 1.29 is 18.7 Å². The van der Waals surface area contributed by atoms with E-state index in [0.717, 1.165) is 0 Å². The van der Waals surface area contributed by atoms with Crippen LogP contribution >= 0.6 is 0 Å². The SMILES string of the molecule is CC(=O)Nc1cc(Oc2ccc(NC(=O)c3cn(-c4ccc(F)cc4)cn3)cc2)ccn1. The largest absolute Gasteiger partial charge is 0.457 e. The topological polar surface area (TPSA) is 98.1 Å². The van der Waals surface area contributed by atoms with Crippen LogP contribution in [0.3, 0.4) is 0 Å². The fourth-order valence-corrected chi connectivity index (χ4v) is 2.86. The maximum Gasteiger partial charge on any atom is 0.275 e. The zero-order chi connectivity index (χ0) is 22.5. The molecule has 0 saturated carbocycles. The first-order valence-corrected chi connectivity index (χ1v) is 9.59. The van der Waals surface area contributed by atoms with Crippen molar-refractivity contribution in [2.75, 3.05) is 10.6 Å². The standard InChI is InChI=1S/C23H18FN5O3/c1-15(30)27-22-12-20(10-11-25-22)32-19-8-4-17(5-9-19)28-23(31)21-13-29(14-26-21)18-6-2-16(24)3-7-18/h2-14H,1H3,(H,28,31)(H,25,27,30). The van der Waals surface area contributed by atoms with Crippen LogP contribution in [0.15, 0.2) is 79.4 Å². The Hall–Kier alpha value is -4.53. The molecule has 4 rings (SSSR count). The lowest BCUT2D eigenvalue weighted by Crippen LogP contribution is -2.12. The molecule has 0 aliphatic rings. The Bertz CT molecular complexity index is 1250. The molecule has 0 radical (unpaired) electrons. The number of hydrogen-bond acceptors (Lipinski definition) is 5. The van der Waals surface area contributed by atoms with Crippen LogP contribution in [-0.2, 0) is 4.79 Å². The molecule has 0 saturated heterocycles. The van der Waals surface area contributed by atoms with Crippen LogP contribution in [0.5, 0.6) is 11.5 Å². The molecule has 2 aromatic heterocycles. The Kier molecular flexibility index (Phi) is 5.89. The van der Waals surface area contributed by atoms with Gasteiger partial charge in [0, 0.05) is 36.8 Å². The number of ether oxygens (including phenoxy) is 1. The number of rotatable bonds is 6. The first kappa shape index (κ1) is 20.7. The van der Waals surface area contributed by atoms with Crippen LogP contribution in [0.1, 0.15) is 17.4 Å². The van der Waals surface area contributed by atoms with Crippen LogP contribution < -0.4 is 15.4 Å². The molecule has 0 aliphatic carbocycles. The molecule has 2 aromatic carbocycles. The third kappa shape index (κ3) is 5.14. The maximum absolute atomic E-state index is 13.1. The second-order valence-electron chi connectivity index (χ2n) is 6.78. The van der Waals surface area contributed by atoms with Gasteiger partial charge in [-0.25, -0.2) is 14.4 Å². The molecule has 2 heterocycles. The van der Waals surface area contributed by atoms with E-state index in [1.165, 1.54) is 31.6 Å². The maximum atomic E-state index is 13.1. The minimum Gasteiger partial charge on any atom is -0.457 e. The van der Waals surface area contributed by atoms with Crippen molar-refractivity contribution in [2.45, 2.75) is 6.92 Å². The summed E-state index contributed by atoms with van der Waals surface area (Å²) < 4.78 is 20.5. The summed E-state index contributed by atoms with van der Waals surface area (Å²) in [5, 5.41) is 5.36. The smallest absolute Gasteiger partial charge is 0.275 e. The van der Waals surface area contributed by atoms with Gasteiger partial charge in [0.15, 0.2) is 0 Å². The third-order valence-corrected chi connectivity index (χ3v) is 4.32. The van der Waals surface area contributed by atoms with E-state index in [-0.39, 0.29) is 23.3 Å². The molecule has 0 unspecified atom stereocenters. The lowest BCUT2D eigenvalue weighted by Gasteiger charge is -2.09. The zero-order valence-corrected chi connectivity index (χ0v) is 16.9. The number of benzene rings is 2. The summed E-state index contributed by atoms with van der Waals surface area (Å²) in [6.45, 7) is 1.40. The molecule has 9 heteroatoms. The molecule has 8 nitrogen and oxygen atoms in total. The monoisotopic (exact) mass is 431 g/mol. The van der Waals surface area contributed by atoms with Crippen molar-refractivity contribution in [2.24, 2.45) is 0 Å². The first-order chi connectivity index (χ1) is 15.5. The number of nitrogens with one attached hydrogen (secondary N) is 2. The summed E-state index contributed by atoms with van der Waals surface area (Å²) in [7, 11) is 0. The molecule has 32 heavy (non-hydrogen) atoms. The van der Waals surface area contributed by atoms with Gasteiger partial charge in [-0.2, -0.15) is 0 Å². The molecular weight excluding hydrogens is 413 g/mol. The zero-order valence-electron chi connectivity index (χ0n) is 16.9. The van der Waals surface area contributed by atoms with Crippen molar-refractivity contribution in [3.05, 3.63) is 90.9 Å². The van der Waals surface area contributed by atoms with E-state index in [1.807, 2.05) is 0 Å². The summed E-state index contributed by atoms with van der Waals surface area (Å²) in [6, 6.07) is 15.9. The molecule has 0 spiro atoms. The number of halogens is 1. The van der Waals surface area contributed by atoms with Gasteiger partial charge in [0.25, 0.3) is 5.91 Å². The lowest BCUT2D eigenvalue weighted by atomic mass is 10.3. The summed E-state index contributed by atoms with van der Waals surface area (Å²) in [5.41, 5.74) is 1.47. The molecule has 0 atom stereocenters. The van der Waals surface area contributed by atoms with Crippen molar-refractivity contribution in [1.82, 2.24) is 14.5 Å². The fraction of sp³-hybridized carbons (Fsp3) is 0.0435. The number of pyridine rings is 1. The highest BCUT2D eigenvalue weighted by atomic mass is 19.1. The Morgan fingerprint density at radius 2 is 1.69 bits per heavy atom. The van der Waals surface area contributed by atoms with Gasteiger partial charge in [-0.3, -0.25) is 9.59 Å². The van der Waals surface area contributed by atoms with E-state index in [9.17, 15) is 14.0 Å². The number of imidazole rings is 1. The first-order valence-electron chi connectivity index (χ1n) is 9.59. The molecule has 2 N–H and O–H groups in total. The molecule has 0 bridgehead atoms. The molecule has 160 valence electrons. The number of nitrogens with zero attached hydrogens (tertiary/aromatic N) is 3. The van der Waals surface area contributed by atoms with Crippen molar-refractivity contribution in [3.63, 3.8) is 0 Å². The highest BCUT2D eigenvalue weighted by Gasteiger charge is 2.11. The van der Waals surface area contributed by atoms with E-state index in [2.05, 4.69) is 20.6 Å². The van der Waals surface area contributed by atoms with Gasteiger partial charge < -0.3 is 19.9 Å². The van der Waals surface area contributed by atoms with Gasteiger partial charge in [-0.15, -0.1) is 0 Å². The fourth-order valence-electron chi connectivity index (χ4n) is 2.86. The van der Waals surface area contributed by atoms with E-state index in [0.29, 0.717) is 28.7 Å². The number of aromatic nitrogens is 3. The Morgan fingerprint density at radius 1 is 0.938 bits per heavy atom. The van der Waals surface area contributed by atoms with Gasteiger partial charge in [0.1, 0.15) is 35.2 Å². The minimum atomic E-state index is -0.381. The van der Waals surface area contributed by atoms with Crippen LogP contribution in [0.4, 0.5) is 15.9 Å². The van der Waals surface area contributed by atoms with Gasteiger partial charge in [-0.05, 0) is 54.6 Å². The van der Waals surface area contributed by atoms with Crippen LogP contribution in [0, 0.1) is 5.82 Å². The molecule has 2 amide bonds. The van der Waals surface area contributed by atoms with Gasteiger partial charge in [-0.1, -0.05) is 0 Å². The Morgan fingerprint density at radius 3 is 2.41 bits per heavy atom. The summed E-state index contributed by atoms with van der Waals surface area (Å²) in [6.07, 6.45) is 4.58. The average Bonchev–Trinajstić information content (AvgIpc) is 3.26.